The molecule has 4 atom stereocenters. The summed E-state index contributed by atoms with van der Waals surface area (Å²) < 4.78 is 23.2. The number of ether oxygens (including phenoxy) is 4. The van der Waals surface area contributed by atoms with Crippen LogP contribution in [0.25, 0.3) is 0 Å². The van der Waals surface area contributed by atoms with Crippen LogP contribution in [-0.2, 0) is 25.6 Å². The van der Waals surface area contributed by atoms with Gasteiger partial charge in [-0.15, -0.1) is 0 Å². The zero-order valence-corrected chi connectivity index (χ0v) is 12.2. The topological polar surface area (TPSA) is 60.7 Å². The van der Waals surface area contributed by atoms with Crippen LogP contribution in [0.5, 0.6) is 0 Å². The predicted octanol–water partition coefficient (Wildman–Crippen LogP) is 2.22. The van der Waals surface area contributed by atoms with Gasteiger partial charge in [-0.25, -0.2) is 0 Å². The molecule has 112 valence electrons. The molecular weight excluding hydrogens is 270 g/mol. The molecule has 3 rings (SSSR count). The number of rotatable bonds is 3. The first-order chi connectivity index (χ1) is 10.1. The Morgan fingerprint density at radius 3 is 2.67 bits per heavy atom. The van der Waals surface area contributed by atoms with Gasteiger partial charge in [0.1, 0.15) is 12.2 Å². The van der Waals surface area contributed by atoms with E-state index in [-0.39, 0.29) is 18.1 Å². The summed E-state index contributed by atoms with van der Waals surface area (Å²) in [5, 5.41) is 9.20. The lowest BCUT2D eigenvalue weighted by molar-refractivity contribution is -0.240. The second kappa shape index (κ2) is 5.74. The molecule has 0 N–H and O–H groups in total. The Morgan fingerprint density at radius 2 is 1.95 bits per heavy atom. The molecular formula is C16H19NO4. The lowest BCUT2D eigenvalue weighted by Crippen LogP contribution is -2.49. The number of nitriles is 1. The first kappa shape index (κ1) is 14.5. The molecule has 0 aromatic heterocycles. The summed E-state index contributed by atoms with van der Waals surface area (Å²) in [5.41, 5.74) is 1.07. The van der Waals surface area contributed by atoms with Crippen molar-refractivity contribution in [2.75, 3.05) is 6.61 Å². The molecule has 0 aliphatic carbocycles. The number of nitrogens with zero attached hydrogens (tertiary/aromatic N) is 1. The monoisotopic (exact) mass is 289 g/mol. The summed E-state index contributed by atoms with van der Waals surface area (Å²) in [6.45, 7) is 4.42. The van der Waals surface area contributed by atoms with E-state index >= 15 is 0 Å². The molecule has 5 heteroatoms. The van der Waals surface area contributed by atoms with Crippen LogP contribution in [-0.4, -0.2) is 30.9 Å². The highest BCUT2D eigenvalue weighted by Gasteiger charge is 2.52. The molecule has 0 unspecified atom stereocenters. The minimum atomic E-state index is -0.716. The van der Waals surface area contributed by atoms with Crippen molar-refractivity contribution in [1.29, 1.82) is 5.26 Å². The molecule has 2 heterocycles. The van der Waals surface area contributed by atoms with E-state index < -0.39 is 12.1 Å². The summed E-state index contributed by atoms with van der Waals surface area (Å²) in [6.07, 6.45) is -1.19. The Bertz CT molecular complexity index is 525. The van der Waals surface area contributed by atoms with E-state index in [0.717, 1.165) is 5.56 Å². The first-order valence-corrected chi connectivity index (χ1v) is 7.11. The van der Waals surface area contributed by atoms with Gasteiger partial charge in [0.2, 0.25) is 0 Å². The maximum absolute atomic E-state index is 9.20. The van der Waals surface area contributed by atoms with Gasteiger partial charge in [-0.2, -0.15) is 5.26 Å². The van der Waals surface area contributed by atoms with E-state index in [0.29, 0.717) is 13.2 Å². The van der Waals surface area contributed by atoms with Gasteiger partial charge in [0.15, 0.2) is 12.1 Å². The molecule has 1 aromatic rings. The SMILES string of the molecule is CC1(C)O[C@@H]2[C@H](OCc3ccccc3)OC[C@@H](C#N)[C@H]2O1. The van der Waals surface area contributed by atoms with Crippen molar-refractivity contribution in [2.45, 2.75) is 44.7 Å². The maximum atomic E-state index is 9.20. The fourth-order valence-corrected chi connectivity index (χ4v) is 2.73. The second-order valence-electron chi connectivity index (χ2n) is 5.80. The summed E-state index contributed by atoms with van der Waals surface area (Å²) in [4.78, 5) is 0. The average molecular weight is 289 g/mol. The Balaban J connectivity index is 1.68. The molecule has 2 fully saturated rings. The van der Waals surface area contributed by atoms with E-state index in [1.54, 1.807) is 0 Å². The molecule has 5 nitrogen and oxygen atoms in total. The summed E-state index contributed by atoms with van der Waals surface area (Å²) >= 11 is 0. The Kier molecular flexibility index (Phi) is 3.96. The quantitative estimate of drug-likeness (QED) is 0.854. The van der Waals surface area contributed by atoms with Gasteiger partial charge in [-0.05, 0) is 19.4 Å². The van der Waals surface area contributed by atoms with Gasteiger partial charge in [-0.1, -0.05) is 30.3 Å². The zero-order valence-electron chi connectivity index (χ0n) is 12.2. The lowest BCUT2D eigenvalue weighted by Gasteiger charge is -2.33. The van der Waals surface area contributed by atoms with Crippen molar-refractivity contribution in [3.05, 3.63) is 35.9 Å². The fraction of sp³-hybridized carbons (Fsp3) is 0.562. The molecule has 0 amide bonds. The highest BCUT2D eigenvalue weighted by molar-refractivity contribution is 5.13. The van der Waals surface area contributed by atoms with E-state index in [1.807, 2.05) is 44.2 Å². The van der Waals surface area contributed by atoms with Gasteiger partial charge in [0.25, 0.3) is 0 Å². The lowest BCUT2D eigenvalue weighted by atomic mass is 9.97. The average Bonchev–Trinajstić information content (AvgIpc) is 2.81. The van der Waals surface area contributed by atoms with Crippen molar-refractivity contribution < 1.29 is 18.9 Å². The highest BCUT2D eigenvalue weighted by Crippen LogP contribution is 2.38. The predicted molar refractivity (Wildman–Crippen MR) is 73.9 cm³/mol. The van der Waals surface area contributed by atoms with Crippen LogP contribution >= 0.6 is 0 Å². The third-order valence-electron chi connectivity index (χ3n) is 3.69. The smallest absolute Gasteiger partial charge is 0.186 e. The van der Waals surface area contributed by atoms with Crippen LogP contribution in [0.4, 0.5) is 0 Å². The molecule has 1 aromatic carbocycles. The second-order valence-corrected chi connectivity index (χ2v) is 5.80. The molecule has 2 aliphatic heterocycles. The van der Waals surface area contributed by atoms with Crippen molar-refractivity contribution >= 4 is 0 Å². The minimum absolute atomic E-state index is 0.302. The third-order valence-corrected chi connectivity index (χ3v) is 3.69. The van der Waals surface area contributed by atoms with Crippen molar-refractivity contribution in [2.24, 2.45) is 5.92 Å². The van der Waals surface area contributed by atoms with E-state index in [2.05, 4.69) is 6.07 Å². The molecule has 0 bridgehead atoms. The van der Waals surface area contributed by atoms with Gasteiger partial charge < -0.3 is 18.9 Å². The molecule has 2 saturated heterocycles. The van der Waals surface area contributed by atoms with Crippen LogP contribution in [0.1, 0.15) is 19.4 Å². The molecule has 21 heavy (non-hydrogen) atoms. The van der Waals surface area contributed by atoms with Crippen LogP contribution in [0.2, 0.25) is 0 Å². The number of hydrogen-bond acceptors (Lipinski definition) is 5. The Morgan fingerprint density at radius 1 is 1.24 bits per heavy atom. The fourth-order valence-electron chi connectivity index (χ4n) is 2.73. The van der Waals surface area contributed by atoms with Crippen LogP contribution in [0.3, 0.4) is 0 Å². The summed E-state index contributed by atoms with van der Waals surface area (Å²) in [7, 11) is 0. The molecule has 0 spiro atoms. The summed E-state index contributed by atoms with van der Waals surface area (Å²) in [5.74, 6) is -1.04. The molecule has 0 radical (unpaired) electrons. The highest BCUT2D eigenvalue weighted by atomic mass is 16.8. The Hall–Kier alpha value is -1.45. The van der Waals surface area contributed by atoms with E-state index in [1.165, 1.54) is 0 Å². The van der Waals surface area contributed by atoms with Crippen LogP contribution in [0, 0.1) is 17.2 Å². The van der Waals surface area contributed by atoms with Gasteiger partial charge >= 0.3 is 0 Å². The Labute approximate surface area is 124 Å². The third kappa shape index (κ3) is 3.09. The number of fused-ring (bicyclic) bond motifs is 1. The van der Waals surface area contributed by atoms with Crippen molar-refractivity contribution in [3.8, 4) is 6.07 Å². The first-order valence-electron chi connectivity index (χ1n) is 7.11. The number of hydrogen-bond donors (Lipinski definition) is 0. The minimum Gasteiger partial charge on any atom is -0.348 e. The van der Waals surface area contributed by atoms with Gasteiger partial charge in [0, 0.05) is 0 Å². The van der Waals surface area contributed by atoms with E-state index in [9.17, 15) is 5.26 Å². The van der Waals surface area contributed by atoms with Crippen molar-refractivity contribution in [3.63, 3.8) is 0 Å². The van der Waals surface area contributed by atoms with Gasteiger partial charge in [-0.3, -0.25) is 0 Å². The zero-order chi connectivity index (χ0) is 14.9. The largest absolute Gasteiger partial charge is 0.348 e. The molecule has 0 saturated carbocycles. The standard InChI is InChI=1S/C16H19NO4/c1-16(2)20-13-12(8-17)10-19-15(14(13)21-16)18-9-11-6-4-3-5-7-11/h3-7,12-15H,9-10H2,1-2H3/t12-,13-,14+,15-/m1/s1. The van der Waals surface area contributed by atoms with Crippen LogP contribution in [0.15, 0.2) is 30.3 Å². The molecule has 2 aliphatic rings. The van der Waals surface area contributed by atoms with Crippen LogP contribution < -0.4 is 0 Å². The van der Waals surface area contributed by atoms with E-state index in [4.69, 9.17) is 18.9 Å². The maximum Gasteiger partial charge on any atom is 0.186 e. The van der Waals surface area contributed by atoms with Gasteiger partial charge in [0.05, 0.1) is 25.2 Å². The summed E-state index contributed by atoms with van der Waals surface area (Å²) in [6, 6.07) is 12.1. The number of benzene rings is 1. The normalized spacial score (nSPS) is 34.1. The van der Waals surface area contributed by atoms with Crippen molar-refractivity contribution in [1.82, 2.24) is 0 Å².